The van der Waals surface area contributed by atoms with Crippen molar-refractivity contribution in [1.29, 1.82) is 5.26 Å². The fraction of sp³-hybridized carbons (Fsp3) is 0.571. The van der Waals surface area contributed by atoms with Gasteiger partial charge in [-0.1, -0.05) is 27.5 Å². The number of nitrogens with zero attached hydrogens (tertiary/aromatic N) is 3. The average Bonchev–Trinajstić information content (AvgIpc) is 2.89. The number of anilines is 1. The molecular weight excluding hydrogens is 490 g/mol. The van der Waals surface area contributed by atoms with Crippen molar-refractivity contribution in [2.24, 2.45) is 0 Å². The standard InChI is InChI=1S/C21H25BrClN3O3S/c1-21(2)19(27)25(15-5-4-14(13-24)18(23)12-15)20(28)26(21)30-17-8-6-16(7-9-17)29-11-3-10-22/h4-5,12,16-17H,3,6-11H2,1-2H3. The van der Waals surface area contributed by atoms with Crippen LogP contribution in [0, 0.1) is 11.3 Å². The van der Waals surface area contributed by atoms with Gasteiger partial charge >= 0.3 is 6.03 Å². The van der Waals surface area contributed by atoms with Gasteiger partial charge in [-0.2, -0.15) is 5.26 Å². The molecule has 9 heteroatoms. The monoisotopic (exact) mass is 513 g/mol. The summed E-state index contributed by atoms with van der Waals surface area (Å²) in [6.07, 6.45) is 5.10. The van der Waals surface area contributed by atoms with Crippen LogP contribution in [-0.2, 0) is 9.53 Å². The average molecular weight is 515 g/mol. The topological polar surface area (TPSA) is 73.6 Å². The molecule has 1 aliphatic heterocycles. The van der Waals surface area contributed by atoms with Crippen molar-refractivity contribution < 1.29 is 14.3 Å². The molecule has 3 amide bonds. The molecule has 0 bridgehead atoms. The maximum Gasteiger partial charge on any atom is 0.342 e. The molecule has 0 N–H and O–H groups in total. The third-order valence-electron chi connectivity index (χ3n) is 5.44. The molecule has 1 heterocycles. The van der Waals surface area contributed by atoms with Gasteiger partial charge in [-0.15, -0.1) is 0 Å². The molecule has 1 aliphatic carbocycles. The minimum Gasteiger partial charge on any atom is -0.378 e. The van der Waals surface area contributed by atoms with Crippen LogP contribution in [0.2, 0.25) is 5.02 Å². The number of ether oxygens (including phenoxy) is 1. The zero-order valence-corrected chi connectivity index (χ0v) is 20.2. The van der Waals surface area contributed by atoms with Gasteiger partial charge in [-0.25, -0.2) is 9.69 Å². The van der Waals surface area contributed by atoms with Gasteiger partial charge in [0.2, 0.25) is 0 Å². The summed E-state index contributed by atoms with van der Waals surface area (Å²) >= 11 is 11.0. The molecule has 0 aromatic heterocycles. The van der Waals surface area contributed by atoms with Crippen LogP contribution in [0.1, 0.15) is 51.5 Å². The minimum absolute atomic E-state index is 0.220. The quantitative estimate of drug-likeness (QED) is 0.207. The summed E-state index contributed by atoms with van der Waals surface area (Å²) in [5, 5.41) is 10.5. The predicted molar refractivity (Wildman–Crippen MR) is 123 cm³/mol. The number of urea groups is 1. The Hall–Kier alpha value is -1.27. The molecule has 1 aromatic rings. The normalized spacial score (nSPS) is 23.7. The number of hydrogen-bond acceptors (Lipinski definition) is 5. The molecule has 0 spiro atoms. The highest BCUT2D eigenvalue weighted by Gasteiger charge is 2.53. The van der Waals surface area contributed by atoms with Crippen LogP contribution in [0.25, 0.3) is 0 Å². The van der Waals surface area contributed by atoms with Gasteiger partial charge in [0, 0.05) is 17.2 Å². The second-order valence-corrected chi connectivity index (χ2v) is 10.4. The Morgan fingerprint density at radius 1 is 1.30 bits per heavy atom. The third-order valence-corrected chi connectivity index (χ3v) is 7.90. The van der Waals surface area contributed by atoms with Gasteiger partial charge in [-0.3, -0.25) is 9.10 Å². The lowest BCUT2D eigenvalue weighted by atomic mass is 9.97. The number of carbonyl (C=O) groups excluding carboxylic acids is 2. The highest BCUT2D eigenvalue weighted by molar-refractivity contribution is 9.09. The Bertz CT molecular complexity index is 852. The molecular formula is C21H25BrClN3O3S. The van der Waals surface area contributed by atoms with E-state index in [1.165, 1.54) is 24.1 Å². The van der Waals surface area contributed by atoms with E-state index in [1.54, 1.807) is 24.2 Å². The first-order chi connectivity index (χ1) is 14.3. The molecule has 1 saturated heterocycles. The van der Waals surface area contributed by atoms with E-state index in [0.29, 0.717) is 11.3 Å². The number of hydrogen-bond donors (Lipinski definition) is 0. The Morgan fingerprint density at radius 2 is 2.00 bits per heavy atom. The van der Waals surface area contributed by atoms with Crippen LogP contribution in [0.15, 0.2) is 18.2 Å². The molecule has 0 radical (unpaired) electrons. The largest absolute Gasteiger partial charge is 0.378 e. The molecule has 0 unspecified atom stereocenters. The van der Waals surface area contributed by atoms with E-state index in [4.69, 9.17) is 21.6 Å². The van der Waals surface area contributed by atoms with Crippen molar-refractivity contribution in [3.05, 3.63) is 28.8 Å². The minimum atomic E-state index is -0.967. The van der Waals surface area contributed by atoms with Crippen LogP contribution in [0.5, 0.6) is 0 Å². The molecule has 162 valence electrons. The maximum atomic E-state index is 13.2. The summed E-state index contributed by atoms with van der Waals surface area (Å²) in [4.78, 5) is 27.4. The Balaban J connectivity index is 1.68. The first-order valence-electron chi connectivity index (χ1n) is 10.0. The number of imide groups is 1. The first-order valence-corrected chi connectivity index (χ1v) is 12.4. The second-order valence-electron chi connectivity index (χ2n) is 7.97. The van der Waals surface area contributed by atoms with Crippen LogP contribution < -0.4 is 4.90 Å². The zero-order valence-electron chi connectivity index (χ0n) is 17.1. The number of amides is 3. The van der Waals surface area contributed by atoms with Crippen molar-refractivity contribution >= 4 is 57.1 Å². The number of rotatable bonds is 7. The third kappa shape index (κ3) is 4.80. The van der Waals surface area contributed by atoms with Gasteiger partial charge in [0.25, 0.3) is 5.91 Å². The van der Waals surface area contributed by atoms with E-state index < -0.39 is 5.54 Å². The summed E-state index contributed by atoms with van der Waals surface area (Å²) < 4.78 is 7.50. The van der Waals surface area contributed by atoms with Crippen molar-refractivity contribution in [1.82, 2.24) is 4.31 Å². The lowest BCUT2D eigenvalue weighted by molar-refractivity contribution is -0.122. The Morgan fingerprint density at radius 3 is 2.60 bits per heavy atom. The number of benzene rings is 1. The SMILES string of the molecule is CC1(C)C(=O)N(c2ccc(C#N)c(Cl)c2)C(=O)N1SC1CCC(OCCCBr)CC1. The van der Waals surface area contributed by atoms with Crippen molar-refractivity contribution in [2.75, 3.05) is 16.8 Å². The van der Waals surface area contributed by atoms with Crippen LogP contribution in [0.3, 0.4) is 0 Å². The smallest absolute Gasteiger partial charge is 0.342 e. The highest BCUT2D eigenvalue weighted by Crippen LogP contribution is 2.42. The van der Waals surface area contributed by atoms with Gasteiger partial charge < -0.3 is 4.74 Å². The van der Waals surface area contributed by atoms with Crippen molar-refractivity contribution in [3.63, 3.8) is 0 Å². The summed E-state index contributed by atoms with van der Waals surface area (Å²) in [5.74, 6) is -0.299. The van der Waals surface area contributed by atoms with Crippen LogP contribution in [-0.4, -0.2) is 45.1 Å². The molecule has 2 fully saturated rings. The summed E-state index contributed by atoms with van der Waals surface area (Å²) in [6, 6.07) is 6.22. The van der Waals surface area contributed by atoms with Crippen LogP contribution >= 0.6 is 39.5 Å². The molecule has 3 rings (SSSR count). The van der Waals surface area contributed by atoms with Gasteiger partial charge in [0.1, 0.15) is 11.6 Å². The fourth-order valence-electron chi connectivity index (χ4n) is 3.67. The highest BCUT2D eigenvalue weighted by atomic mass is 79.9. The molecule has 6 nitrogen and oxygen atoms in total. The number of carbonyl (C=O) groups is 2. The Kier molecular flexibility index (Phi) is 7.72. The number of nitriles is 1. The lowest BCUT2D eigenvalue weighted by Gasteiger charge is -2.33. The predicted octanol–water partition coefficient (Wildman–Crippen LogP) is 5.52. The van der Waals surface area contributed by atoms with Gasteiger partial charge in [-0.05, 0) is 76.1 Å². The van der Waals surface area contributed by atoms with E-state index in [1.807, 2.05) is 6.07 Å². The van der Waals surface area contributed by atoms with E-state index in [-0.39, 0.29) is 28.3 Å². The van der Waals surface area contributed by atoms with Crippen molar-refractivity contribution in [3.8, 4) is 6.07 Å². The Labute approximate surface area is 195 Å². The zero-order chi connectivity index (χ0) is 21.9. The second kappa shape index (κ2) is 9.90. The van der Waals surface area contributed by atoms with E-state index >= 15 is 0 Å². The number of halogens is 2. The molecule has 30 heavy (non-hydrogen) atoms. The maximum absolute atomic E-state index is 13.2. The molecule has 1 saturated carbocycles. The molecule has 1 aromatic carbocycles. The van der Waals surface area contributed by atoms with E-state index in [0.717, 1.165) is 48.9 Å². The summed E-state index contributed by atoms with van der Waals surface area (Å²) in [6.45, 7) is 4.29. The fourth-order valence-corrected chi connectivity index (χ4v) is 5.41. The lowest BCUT2D eigenvalue weighted by Crippen LogP contribution is -2.41. The van der Waals surface area contributed by atoms with Crippen molar-refractivity contribution in [2.45, 2.75) is 62.8 Å². The van der Waals surface area contributed by atoms with E-state index in [2.05, 4.69) is 15.9 Å². The van der Waals surface area contributed by atoms with Crippen LogP contribution in [0.4, 0.5) is 10.5 Å². The molecule has 0 atom stereocenters. The van der Waals surface area contributed by atoms with Gasteiger partial charge in [0.05, 0.1) is 22.4 Å². The summed E-state index contributed by atoms with van der Waals surface area (Å²) in [7, 11) is 0. The molecule has 2 aliphatic rings. The van der Waals surface area contributed by atoms with Gasteiger partial charge in [0.15, 0.2) is 0 Å². The summed E-state index contributed by atoms with van der Waals surface area (Å²) in [5.41, 5.74) is -0.278. The first kappa shape index (κ1) is 23.4. The number of alkyl halides is 1. The van der Waals surface area contributed by atoms with E-state index in [9.17, 15) is 9.59 Å².